The number of carbonyl (C=O) groups is 1. The molecule has 1 amide bonds. The van der Waals surface area contributed by atoms with Crippen LogP contribution in [0.5, 0.6) is 5.75 Å². The van der Waals surface area contributed by atoms with Crippen molar-refractivity contribution >= 4 is 32.4 Å². The Labute approximate surface area is 217 Å². The summed E-state index contributed by atoms with van der Waals surface area (Å²) in [6.45, 7) is 7.36. The number of aromatic nitrogens is 2. The number of carbonyl (C=O) groups excluding carboxylic acids is 1. The maximum absolute atomic E-state index is 13.1. The van der Waals surface area contributed by atoms with Gasteiger partial charge in [-0.2, -0.15) is 13.2 Å². The van der Waals surface area contributed by atoms with Gasteiger partial charge in [0.25, 0.3) is 15.9 Å². The second-order valence-corrected chi connectivity index (χ2v) is 11.0. The van der Waals surface area contributed by atoms with Crippen LogP contribution in [0.15, 0.2) is 47.4 Å². The Hall–Kier alpha value is -3.19. The molecule has 0 saturated carbocycles. The molecular weight excluding hydrogens is 529 g/mol. The number of anilines is 1. The van der Waals surface area contributed by atoms with E-state index in [2.05, 4.69) is 20.2 Å². The summed E-state index contributed by atoms with van der Waals surface area (Å²) >= 11 is 1.15. The summed E-state index contributed by atoms with van der Waals surface area (Å²) < 4.78 is 72.5. The quantitative estimate of drug-likeness (QED) is 0.329. The van der Waals surface area contributed by atoms with Gasteiger partial charge in [0.1, 0.15) is 10.8 Å². The van der Waals surface area contributed by atoms with Crippen molar-refractivity contribution in [3.05, 3.63) is 64.2 Å². The molecule has 0 aliphatic carbocycles. The van der Waals surface area contributed by atoms with E-state index in [1.165, 1.54) is 12.1 Å². The molecule has 1 aromatic heterocycles. The van der Waals surface area contributed by atoms with Crippen LogP contribution < -0.4 is 14.8 Å². The second kappa shape index (κ2) is 11.5. The Balaban J connectivity index is 1.77. The van der Waals surface area contributed by atoms with Crippen molar-refractivity contribution in [3.63, 3.8) is 0 Å². The third-order valence-electron chi connectivity index (χ3n) is 5.32. The molecule has 0 radical (unpaired) electrons. The van der Waals surface area contributed by atoms with Crippen molar-refractivity contribution in [2.75, 3.05) is 11.3 Å². The molecule has 0 spiro atoms. The van der Waals surface area contributed by atoms with Crippen LogP contribution in [0, 0.1) is 0 Å². The van der Waals surface area contributed by atoms with Gasteiger partial charge in [-0.3, -0.25) is 9.52 Å². The van der Waals surface area contributed by atoms with Crippen LogP contribution >= 0.6 is 11.3 Å². The minimum absolute atomic E-state index is 0.0000908. The van der Waals surface area contributed by atoms with Crippen LogP contribution in [0.1, 0.15) is 72.6 Å². The molecule has 0 fully saturated rings. The van der Waals surface area contributed by atoms with E-state index in [0.29, 0.717) is 17.0 Å². The first kappa shape index (κ1) is 28.4. The minimum atomic E-state index is -4.57. The molecule has 1 heterocycles. The molecule has 0 aliphatic rings. The Bertz CT molecular complexity index is 1340. The van der Waals surface area contributed by atoms with E-state index >= 15 is 0 Å². The van der Waals surface area contributed by atoms with Gasteiger partial charge in [-0.05, 0) is 49.2 Å². The number of hydrogen-bond donors (Lipinski definition) is 2. The molecular formula is C24H27F3N4O4S2. The van der Waals surface area contributed by atoms with Gasteiger partial charge in [-0.1, -0.05) is 44.2 Å². The van der Waals surface area contributed by atoms with Gasteiger partial charge in [-0.25, -0.2) is 8.42 Å². The van der Waals surface area contributed by atoms with E-state index in [0.717, 1.165) is 29.5 Å². The molecule has 3 rings (SSSR count). The van der Waals surface area contributed by atoms with E-state index in [1.54, 1.807) is 19.1 Å². The van der Waals surface area contributed by atoms with Gasteiger partial charge in [0.2, 0.25) is 5.13 Å². The number of sulfonamides is 1. The smallest absolute Gasteiger partial charge is 0.416 e. The fourth-order valence-corrected chi connectivity index (χ4v) is 5.36. The van der Waals surface area contributed by atoms with Crippen LogP contribution in [0.4, 0.5) is 18.3 Å². The highest BCUT2D eigenvalue weighted by Gasteiger charge is 2.32. The van der Waals surface area contributed by atoms with Crippen molar-refractivity contribution in [1.82, 2.24) is 15.5 Å². The fraction of sp³-hybridized carbons (Fsp3) is 0.375. The zero-order valence-electron chi connectivity index (χ0n) is 20.6. The van der Waals surface area contributed by atoms with Crippen molar-refractivity contribution in [2.45, 2.75) is 57.1 Å². The summed E-state index contributed by atoms with van der Waals surface area (Å²) in [5.41, 5.74) is -0.328. The van der Waals surface area contributed by atoms with Gasteiger partial charge in [0, 0.05) is 5.92 Å². The molecule has 13 heteroatoms. The van der Waals surface area contributed by atoms with Crippen molar-refractivity contribution < 1.29 is 31.1 Å². The number of nitrogens with zero attached hydrogens (tertiary/aromatic N) is 2. The van der Waals surface area contributed by atoms with Gasteiger partial charge < -0.3 is 10.1 Å². The SMILES string of the molecule is CCOc1cc(C(F)(F)F)ccc1C(=O)NC(CC)c1ccc(S(=O)(=O)Nc2nnc(C(C)C)s2)cc1. The highest BCUT2D eigenvalue weighted by atomic mass is 32.2. The number of nitrogens with one attached hydrogen (secondary N) is 2. The van der Waals surface area contributed by atoms with Gasteiger partial charge in [0.15, 0.2) is 0 Å². The number of rotatable bonds is 10. The van der Waals surface area contributed by atoms with E-state index in [-0.39, 0.29) is 33.9 Å². The number of halogens is 3. The first-order valence-corrected chi connectivity index (χ1v) is 13.8. The summed E-state index contributed by atoms with van der Waals surface area (Å²) in [6, 6.07) is 8.13. The lowest BCUT2D eigenvalue weighted by atomic mass is 10.0. The largest absolute Gasteiger partial charge is 0.493 e. The molecule has 2 aromatic carbocycles. The summed E-state index contributed by atoms with van der Waals surface area (Å²) in [6.07, 6.45) is -4.13. The Morgan fingerprint density at radius 2 is 1.76 bits per heavy atom. The van der Waals surface area contributed by atoms with E-state index in [4.69, 9.17) is 4.74 Å². The number of amides is 1. The predicted octanol–water partition coefficient (Wildman–Crippen LogP) is 5.76. The van der Waals surface area contributed by atoms with Crippen LogP contribution in [-0.2, 0) is 16.2 Å². The summed E-state index contributed by atoms with van der Waals surface area (Å²) in [5.74, 6) is -0.669. The second-order valence-electron chi connectivity index (χ2n) is 8.35. The van der Waals surface area contributed by atoms with Crippen LogP contribution in [0.25, 0.3) is 0 Å². The summed E-state index contributed by atoms with van der Waals surface area (Å²) in [7, 11) is -3.91. The Kier molecular flexibility index (Phi) is 8.80. The predicted molar refractivity (Wildman–Crippen MR) is 134 cm³/mol. The number of hydrogen-bond acceptors (Lipinski definition) is 7. The molecule has 2 N–H and O–H groups in total. The maximum atomic E-state index is 13.1. The van der Waals surface area contributed by atoms with Crippen LogP contribution in [0.3, 0.4) is 0 Å². The lowest BCUT2D eigenvalue weighted by molar-refractivity contribution is -0.137. The third kappa shape index (κ3) is 6.98. The molecule has 37 heavy (non-hydrogen) atoms. The molecule has 0 aliphatic heterocycles. The lowest BCUT2D eigenvalue weighted by Gasteiger charge is -2.20. The van der Waals surface area contributed by atoms with E-state index in [9.17, 15) is 26.4 Å². The molecule has 0 bridgehead atoms. The van der Waals surface area contributed by atoms with Crippen molar-refractivity contribution in [3.8, 4) is 5.75 Å². The zero-order valence-corrected chi connectivity index (χ0v) is 22.2. The minimum Gasteiger partial charge on any atom is -0.493 e. The molecule has 1 atom stereocenters. The van der Waals surface area contributed by atoms with E-state index < -0.39 is 33.7 Å². The van der Waals surface area contributed by atoms with Gasteiger partial charge in [-0.15, -0.1) is 10.2 Å². The summed E-state index contributed by atoms with van der Waals surface area (Å²) in [5, 5.41) is 11.5. The highest BCUT2D eigenvalue weighted by molar-refractivity contribution is 7.93. The molecule has 8 nitrogen and oxygen atoms in total. The average molecular weight is 557 g/mol. The number of alkyl halides is 3. The Morgan fingerprint density at radius 3 is 2.30 bits per heavy atom. The molecule has 1 unspecified atom stereocenters. The first-order valence-electron chi connectivity index (χ1n) is 11.5. The van der Waals surface area contributed by atoms with Crippen LogP contribution in [-0.4, -0.2) is 31.1 Å². The van der Waals surface area contributed by atoms with Crippen molar-refractivity contribution in [1.29, 1.82) is 0 Å². The molecule has 0 saturated heterocycles. The van der Waals surface area contributed by atoms with Gasteiger partial charge >= 0.3 is 6.18 Å². The first-order chi connectivity index (χ1) is 17.4. The highest BCUT2D eigenvalue weighted by Crippen LogP contribution is 2.33. The number of ether oxygens (including phenoxy) is 1. The topological polar surface area (TPSA) is 110 Å². The van der Waals surface area contributed by atoms with Gasteiger partial charge in [0.05, 0.1) is 28.7 Å². The standard InChI is InChI=1S/C24H27F3N4O4S2/c1-5-19(28-21(32)18-12-9-16(24(25,26)27)13-20(18)35-6-2)15-7-10-17(11-8-15)37(33,34)31-23-30-29-22(36-23)14(3)4/h7-14,19H,5-6H2,1-4H3,(H,28,32)(H,30,31). The molecule has 3 aromatic rings. The van der Waals surface area contributed by atoms with E-state index in [1.807, 2.05) is 20.8 Å². The zero-order chi connectivity index (χ0) is 27.4. The third-order valence-corrected chi connectivity index (χ3v) is 7.94. The fourth-order valence-electron chi connectivity index (χ4n) is 3.38. The molecule has 200 valence electrons. The van der Waals surface area contributed by atoms with Crippen LogP contribution in [0.2, 0.25) is 0 Å². The summed E-state index contributed by atoms with van der Waals surface area (Å²) in [4.78, 5) is 12.9. The lowest BCUT2D eigenvalue weighted by Crippen LogP contribution is -2.28. The average Bonchev–Trinajstić information content (AvgIpc) is 3.30. The normalized spacial score (nSPS) is 12.9. The Morgan fingerprint density at radius 1 is 1.08 bits per heavy atom. The number of benzene rings is 2. The van der Waals surface area contributed by atoms with Crippen molar-refractivity contribution in [2.24, 2.45) is 0 Å². The monoisotopic (exact) mass is 556 g/mol. The maximum Gasteiger partial charge on any atom is 0.416 e.